The number of nitrogens with one attached hydrogen (secondary N) is 1. The van der Waals surface area contributed by atoms with E-state index in [2.05, 4.69) is 50.2 Å². The van der Waals surface area contributed by atoms with Crippen molar-refractivity contribution in [2.24, 2.45) is 0 Å². The van der Waals surface area contributed by atoms with Crippen molar-refractivity contribution < 1.29 is 0 Å². The molecule has 1 unspecified atom stereocenters. The Morgan fingerprint density at radius 1 is 1.33 bits per heavy atom. The molecule has 5 nitrogen and oxygen atoms in total. The molecule has 2 aromatic heterocycles. The van der Waals surface area contributed by atoms with E-state index in [0.29, 0.717) is 0 Å². The summed E-state index contributed by atoms with van der Waals surface area (Å²) in [6.07, 6.45) is 5.19. The lowest BCUT2D eigenvalue weighted by atomic mass is 10.1. The van der Waals surface area contributed by atoms with Gasteiger partial charge in [-0.3, -0.25) is 4.98 Å². The van der Waals surface area contributed by atoms with Crippen LogP contribution in [0.25, 0.3) is 0 Å². The topological polar surface area (TPSA) is 55.6 Å². The number of halogens is 1. The van der Waals surface area contributed by atoms with Crippen molar-refractivity contribution in [1.29, 1.82) is 0 Å². The normalized spacial score (nSPS) is 12.9. The van der Waals surface area contributed by atoms with Gasteiger partial charge in [-0.15, -0.1) is 0 Å². The molecule has 0 bridgehead atoms. The molecule has 0 aliphatic carbocycles. The largest absolute Gasteiger partial charge is 0.307 e. The maximum absolute atomic E-state index is 4.36. The van der Waals surface area contributed by atoms with Crippen LogP contribution in [0, 0.1) is 0 Å². The summed E-state index contributed by atoms with van der Waals surface area (Å²) < 4.78 is 2.87. The van der Waals surface area contributed by atoms with Gasteiger partial charge < -0.3 is 5.32 Å². The van der Waals surface area contributed by atoms with Gasteiger partial charge in [0.25, 0.3) is 0 Å². The van der Waals surface area contributed by atoms with Crippen LogP contribution in [0.5, 0.6) is 0 Å². The molecule has 0 saturated carbocycles. The van der Waals surface area contributed by atoms with Crippen molar-refractivity contribution in [2.45, 2.75) is 25.9 Å². The number of rotatable bonds is 4. The molecule has 18 heavy (non-hydrogen) atoms. The van der Waals surface area contributed by atoms with Crippen molar-refractivity contribution >= 4 is 15.9 Å². The minimum absolute atomic E-state index is 0.0140. The Morgan fingerprint density at radius 2 is 2.11 bits per heavy atom. The average molecular weight is 310 g/mol. The summed E-state index contributed by atoms with van der Waals surface area (Å²) in [5.74, 6) is 0.896. The van der Waals surface area contributed by atoms with Crippen molar-refractivity contribution in [3.63, 3.8) is 0 Å². The van der Waals surface area contributed by atoms with Crippen molar-refractivity contribution in [3.8, 4) is 0 Å². The first kappa shape index (κ1) is 13.2. The van der Waals surface area contributed by atoms with Gasteiger partial charge in [0.2, 0.25) is 0 Å². The smallest absolute Gasteiger partial charge is 0.148 e. The maximum atomic E-state index is 4.36. The van der Waals surface area contributed by atoms with E-state index in [1.807, 2.05) is 24.0 Å². The average Bonchev–Trinajstić information content (AvgIpc) is 2.79. The van der Waals surface area contributed by atoms with Crippen LogP contribution in [-0.2, 0) is 0 Å². The second-order valence-electron chi connectivity index (χ2n) is 4.31. The van der Waals surface area contributed by atoms with E-state index in [9.17, 15) is 0 Å². The molecule has 0 saturated heterocycles. The van der Waals surface area contributed by atoms with E-state index in [4.69, 9.17) is 0 Å². The van der Waals surface area contributed by atoms with E-state index in [1.54, 1.807) is 12.5 Å². The summed E-state index contributed by atoms with van der Waals surface area (Å²) in [6.45, 7) is 4.17. The molecule has 96 valence electrons. The zero-order chi connectivity index (χ0) is 13.1. The lowest BCUT2D eigenvalue weighted by Gasteiger charge is -2.18. The second kappa shape index (κ2) is 5.58. The van der Waals surface area contributed by atoms with Crippen LogP contribution in [-0.4, -0.2) is 26.8 Å². The molecular formula is C12H16BrN5. The first-order valence-corrected chi connectivity index (χ1v) is 6.60. The number of hydrogen-bond donors (Lipinski definition) is 1. The van der Waals surface area contributed by atoms with E-state index < -0.39 is 0 Å². The molecule has 1 N–H and O–H groups in total. The van der Waals surface area contributed by atoms with Gasteiger partial charge in [-0.25, -0.2) is 9.67 Å². The van der Waals surface area contributed by atoms with Crippen LogP contribution in [0.15, 0.2) is 29.3 Å². The Kier molecular flexibility index (Phi) is 4.08. The highest BCUT2D eigenvalue weighted by Gasteiger charge is 2.20. The summed E-state index contributed by atoms with van der Waals surface area (Å²) in [4.78, 5) is 8.55. The Hall–Kier alpha value is -1.27. The quantitative estimate of drug-likeness (QED) is 0.941. The summed E-state index contributed by atoms with van der Waals surface area (Å²) in [6, 6.07) is 2.30. The Bertz CT molecular complexity index is 523. The molecule has 6 heteroatoms. The third kappa shape index (κ3) is 2.59. The number of nitrogens with zero attached hydrogens (tertiary/aromatic N) is 4. The Balaban J connectivity index is 2.42. The number of pyridine rings is 1. The predicted octanol–water partition coefficient (Wildman–Crippen LogP) is 2.33. The Labute approximate surface area is 115 Å². The van der Waals surface area contributed by atoms with Crippen LogP contribution in [0.2, 0.25) is 0 Å². The highest BCUT2D eigenvalue weighted by molar-refractivity contribution is 9.10. The molecular weight excluding hydrogens is 294 g/mol. The lowest BCUT2D eigenvalue weighted by Crippen LogP contribution is -2.23. The van der Waals surface area contributed by atoms with Gasteiger partial charge in [0, 0.05) is 22.9 Å². The number of aromatic nitrogens is 4. The van der Waals surface area contributed by atoms with Gasteiger partial charge in [0.1, 0.15) is 12.2 Å². The molecule has 0 aliphatic rings. The van der Waals surface area contributed by atoms with Crippen molar-refractivity contribution in [3.05, 3.63) is 40.6 Å². The van der Waals surface area contributed by atoms with E-state index in [1.165, 1.54) is 0 Å². The summed E-state index contributed by atoms with van der Waals surface area (Å²) >= 11 is 3.44. The van der Waals surface area contributed by atoms with Gasteiger partial charge >= 0.3 is 0 Å². The first-order valence-electron chi connectivity index (χ1n) is 5.80. The molecule has 0 aliphatic heterocycles. The lowest BCUT2D eigenvalue weighted by molar-refractivity contribution is 0.477. The Morgan fingerprint density at radius 3 is 2.72 bits per heavy atom. The predicted molar refractivity (Wildman–Crippen MR) is 73.2 cm³/mol. The minimum atomic E-state index is -0.0140. The van der Waals surface area contributed by atoms with Crippen LogP contribution < -0.4 is 5.32 Å². The fraction of sp³-hybridized carbons (Fsp3) is 0.417. The number of hydrogen-bond acceptors (Lipinski definition) is 4. The van der Waals surface area contributed by atoms with Crippen molar-refractivity contribution in [1.82, 2.24) is 25.1 Å². The summed E-state index contributed by atoms with van der Waals surface area (Å²) in [5.41, 5.74) is 1.06. The maximum Gasteiger partial charge on any atom is 0.148 e. The minimum Gasteiger partial charge on any atom is -0.307 e. The molecule has 0 amide bonds. The first-order chi connectivity index (χ1) is 8.63. The van der Waals surface area contributed by atoms with E-state index >= 15 is 0 Å². The van der Waals surface area contributed by atoms with Gasteiger partial charge in [0.05, 0.1) is 6.04 Å². The molecule has 0 radical (unpaired) electrons. The summed E-state index contributed by atoms with van der Waals surface area (Å²) in [5, 5.41) is 7.52. The second-order valence-corrected chi connectivity index (χ2v) is 5.23. The van der Waals surface area contributed by atoms with Gasteiger partial charge in [0.15, 0.2) is 0 Å². The van der Waals surface area contributed by atoms with Crippen LogP contribution >= 0.6 is 15.9 Å². The molecule has 1 atom stereocenters. The molecule has 0 fully saturated rings. The van der Waals surface area contributed by atoms with Crippen LogP contribution in [0.1, 0.15) is 37.3 Å². The van der Waals surface area contributed by atoms with E-state index in [-0.39, 0.29) is 12.1 Å². The fourth-order valence-electron chi connectivity index (χ4n) is 1.89. The zero-order valence-electron chi connectivity index (χ0n) is 10.6. The van der Waals surface area contributed by atoms with Gasteiger partial charge in [-0.1, -0.05) is 0 Å². The molecule has 0 aromatic carbocycles. The third-order valence-corrected chi connectivity index (χ3v) is 3.13. The molecule has 2 aromatic rings. The monoisotopic (exact) mass is 309 g/mol. The van der Waals surface area contributed by atoms with Crippen LogP contribution in [0.4, 0.5) is 0 Å². The SMILES string of the molecule is CNC(c1cncc(Br)c1)c1ncnn1C(C)C. The molecule has 0 spiro atoms. The highest BCUT2D eigenvalue weighted by atomic mass is 79.9. The van der Waals surface area contributed by atoms with Crippen LogP contribution in [0.3, 0.4) is 0 Å². The van der Waals surface area contributed by atoms with Gasteiger partial charge in [-0.05, 0) is 48.5 Å². The van der Waals surface area contributed by atoms with Gasteiger partial charge in [-0.2, -0.15) is 5.10 Å². The third-order valence-electron chi connectivity index (χ3n) is 2.70. The zero-order valence-corrected chi connectivity index (χ0v) is 12.2. The van der Waals surface area contributed by atoms with E-state index in [0.717, 1.165) is 15.9 Å². The molecule has 2 rings (SSSR count). The fourth-order valence-corrected chi connectivity index (χ4v) is 2.28. The summed E-state index contributed by atoms with van der Waals surface area (Å²) in [7, 11) is 1.91. The van der Waals surface area contributed by atoms with Crippen molar-refractivity contribution in [2.75, 3.05) is 7.05 Å². The standard InChI is InChI=1S/C12H16BrN5/c1-8(2)18-12(16-7-17-18)11(14-3)9-4-10(13)6-15-5-9/h4-8,11,14H,1-3H3. The molecule has 2 heterocycles. The highest BCUT2D eigenvalue weighted by Crippen LogP contribution is 2.23.